The Kier molecular flexibility index (Phi) is 11.6. The largest absolute Gasteiger partial charge is 0.495 e. The summed E-state index contributed by atoms with van der Waals surface area (Å²) >= 11 is 0. The van der Waals surface area contributed by atoms with E-state index < -0.39 is 16.1 Å². The Bertz CT molecular complexity index is 1330. The molecule has 3 rings (SSSR count). The number of hydrogen-bond acceptors (Lipinski definition) is 5. The van der Waals surface area contributed by atoms with Gasteiger partial charge in [-0.25, -0.2) is 8.42 Å². The van der Waals surface area contributed by atoms with E-state index in [1.807, 2.05) is 67.6 Å². The molecule has 0 aliphatic carbocycles. The highest BCUT2D eigenvalue weighted by Gasteiger charge is 2.30. The van der Waals surface area contributed by atoms with Gasteiger partial charge in [0.15, 0.2) is 0 Å². The lowest BCUT2D eigenvalue weighted by atomic mass is 10.0. The SMILES string of the molecule is CCCNC(=O)[C@H](Cc1ccccc1)N(Cc1ccccc1)C(=O)CCCN(c1ccccc1OC)S(C)(=O)=O. The maximum absolute atomic E-state index is 13.8. The lowest BCUT2D eigenvalue weighted by Gasteiger charge is -2.32. The van der Waals surface area contributed by atoms with Crippen molar-refractivity contribution in [1.82, 2.24) is 10.2 Å². The van der Waals surface area contributed by atoms with Crippen molar-refractivity contribution in [2.45, 2.75) is 45.2 Å². The number of para-hydroxylation sites is 2. The third-order valence-corrected chi connectivity index (χ3v) is 7.70. The van der Waals surface area contributed by atoms with Crippen LogP contribution in [0.15, 0.2) is 84.9 Å². The van der Waals surface area contributed by atoms with Crippen molar-refractivity contribution in [1.29, 1.82) is 0 Å². The van der Waals surface area contributed by atoms with Gasteiger partial charge in [0.2, 0.25) is 21.8 Å². The molecule has 0 aliphatic heterocycles. The van der Waals surface area contributed by atoms with Crippen LogP contribution in [0.4, 0.5) is 5.69 Å². The second-order valence-electron chi connectivity index (χ2n) is 9.61. The number of carbonyl (C=O) groups excluding carboxylic acids is 2. The number of nitrogens with zero attached hydrogens (tertiary/aromatic N) is 2. The van der Waals surface area contributed by atoms with E-state index in [2.05, 4.69) is 5.32 Å². The molecule has 0 aromatic heterocycles. The minimum atomic E-state index is -3.63. The number of methoxy groups -OCH3 is 1. The molecule has 2 amide bonds. The van der Waals surface area contributed by atoms with Gasteiger partial charge in [-0.15, -0.1) is 0 Å². The number of hydrogen-bond donors (Lipinski definition) is 1. The quantitative estimate of drug-likeness (QED) is 0.295. The molecule has 0 saturated carbocycles. The van der Waals surface area contributed by atoms with Crippen LogP contribution < -0.4 is 14.4 Å². The Balaban J connectivity index is 1.86. The zero-order chi connectivity index (χ0) is 29.0. The number of ether oxygens (including phenoxy) is 1. The van der Waals surface area contributed by atoms with Crippen LogP contribution in [0.5, 0.6) is 5.75 Å². The summed E-state index contributed by atoms with van der Waals surface area (Å²) in [5.74, 6) is 0.00662. The number of carbonyl (C=O) groups is 2. The summed E-state index contributed by atoms with van der Waals surface area (Å²) in [6, 6.07) is 25.4. The van der Waals surface area contributed by atoms with Gasteiger partial charge in [0.05, 0.1) is 19.1 Å². The van der Waals surface area contributed by atoms with Crippen LogP contribution in [-0.2, 0) is 32.6 Å². The van der Waals surface area contributed by atoms with Gasteiger partial charge < -0.3 is 15.0 Å². The summed E-state index contributed by atoms with van der Waals surface area (Å²) < 4.78 is 32.0. The summed E-state index contributed by atoms with van der Waals surface area (Å²) in [6.07, 6.45) is 2.62. The molecular formula is C31H39N3O5S. The maximum Gasteiger partial charge on any atom is 0.243 e. The van der Waals surface area contributed by atoms with E-state index in [1.165, 1.54) is 11.4 Å². The Morgan fingerprint density at radius 1 is 0.900 bits per heavy atom. The molecule has 0 bridgehead atoms. The van der Waals surface area contributed by atoms with E-state index in [1.54, 1.807) is 29.2 Å². The Labute approximate surface area is 238 Å². The first-order valence-corrected chi connectivity index (χ1v) is 15.3. The highest BCUT2D eigenvalue weighted by molar-refractivity contribution is 7.92. The fourth-order valence-corrected chi connectivity index (χ4v) is 5.49. The Hall–Kier alpha value is -3.85. The van der Waals surface area contributed by atoms with Crippen molar-refractivity contribution in [3.63, 3.8) is 0 Å². The van der Waals surface area contributed by atoms with Gasteiger partial charge in [-0.2, -0.15) is 0 Å². The van der Waals surface area contributed by atoms with Gasteiger partial charge in [0.25, 0.3) is 0 Å². The predicted octanol–water partition coefficient (Wildman–Crippen LogP) is 4.41. The number of anilines is 1. The summed E-state index contributed by atoms with van der Waals surface area (Å²) in [4.78, 5) is 28.8. The number of rotatable bonds is 15. The highest BCUT2D eigenvalue weighted by atomic mass is 32.2. The van der Waals surface area contributed by atoms with Gasteiger partial charge >= 0.3 is 0 Å². The lowest BCUT2D eigenvalue weighted by Crippen LogP contribution is -2.50. The molecule has 1 atom stereocenters. The number of nitrogens with one attached hydrogen (secondary N) is 1. The monoisotopic (exact) mass is 565 g/mol. The van der Waals surface area contributed by atoms with Crippen molar-refractivity contribution in [3.05, 3.63) is 96.1 Å². The van der Waals surface area contributed by atoms with Crippen molar-refractivity contribution in [3.8, 4) is 5.75 Å². The van der Waals surface area contributed by atoms with Gasteiger partial charge in [-0.05, 0) is 36.1 Å². The molecule has 0 aliphatic rings. The van der Waals surface area contributed by atoms with E-state index >= 15 is 0 Å². The van der Waals surface area contributed by atoms with Crippen molar-refractivity contribution >= 4 is 27.5 Å². The molecule has 1 N–H and O–H groups in total. The normalized spacial score (nSPS) is 11.9. The fraction of sp³-hybridized carbons (Fsp3) is 0.355. The summed E-state index contributed by atoms with van der Waals surface area (Å²) in [5, 5.41) is 2.97. The number of sulfonamides is 1. The molecule has 8 nitrogen and oxygen atoms in total. The van der Waals surface area contributed by atoms with Crippen LogP contribution in [0.1, 0.15) is 37.3 Å². The minimum Gasteiger partial charge on any atom is -0.495 e. The topological polar surface area (TPSA) is 96.0 Å². The predicted molar refractivity (Wildman–Crippen MR) is 159 cm³/mol. The second kappa shape index (κ2) is 15.1. The molecule has 0 saturated heterocycles. The number of benzene rings is 3. The van der Waals surface area contributed by atoms with E-state index in [0.29, 0.717) is 24.4 Å². The van der Waals surface area contributed by atoms with Crippen LogP contribution in [0.25, 0.3) is 0 Å². The van der Waals surface area contributed by atoms with E-state index in [9.17, 15) is 18.0 Å². The van der Waals surface area contributed by atoms with Crippen LogP contribution in [0.2, 0.25) is 0 Å². The first kappa shape index (κ1) is 30.7. The van der Waals surface area contributed by atoms with E-state index in [4.69, 9.17) is 4.74 Å². The summed E-state index contributed by atoms with van der Waals surface area (Å²) in [5.41, 5.74) is 2.27. The van der Waals surface area contributed by atoms with Gasteiger partial charge in [0.1, 0.15) is 11.8 Å². The molecule has 3 aromatic carbocycles. The minimum absolute atomic E-state index is 0.0698. The second-order valence-corrected chi connectivity index (χ2v) is 11.5. The maximum atomic E-state index is 13.8. The third kappa shape index (κ3) is 8.84. The van der Waals surface area contributed by atoms with Gasteiger partial charge in [-0.3, -0.25) is 13.9 Å². The first-order chi connectivity index (χ1) is 19.2. The van der Waals surface area contributed by atoms with Crippen LogP contribution >= 0.6 is 0 Å². The zero-order valence-corrected chi connectivity index (χ0v) is 24.3. The lowest BCUT2D eigenvalue weighted by molar-refractivity contribution is -0.141. The number of amides is 2. The molecule has 0 unspecified atom stereocenters. The standard InChI is InChI=1S/C31H39N3O5S/c1-4-21-32-31(36)28(23-25-14-7-5-8-15-25)33(24-26-16-9-6-10-17-26)30(35)20-13-22-34(40(3,37)38)27-18-11-12-19-29(27)39-2/h5-12,14-19,28H,4,13,20-24H2,1-3H3,(H,32,36)/t28-/m0/s1. The van der Waals surface area contributed by atoms with Gasteiger partial charge in [-0.1, -0.05) is 79.7 Å². The van der Waals surface area contributed by atoms with Crippen molar-refractivity contribution < 1.29 is 22.7 Å². The molecule has 0 heterocycles. The smallest absolute Gasteiger partial charge is 0.243 e. The Morgan fingerprint density at radius 2 is 1.50 bits per heavy atom. The van der Waals surface area contributed by atoms with E-state index in [0.717, 1.165) is 23.8 Å². The summed E-state index contributed by atoms with van der Waals surface area (Å²) in [6.45, 7) is 2.85. The Morgan fingerprint density at radius 3 is 2.10 bits per heavy atom. The molecule has 214 valence electrons. The highest BCUT2D eigenvalue weighted by Crippen LogP contribution is 2.30. The molecular weight excluding hydrogens is 526 g/mol. The fourth-order valence-electron chi connectivity index (χ4n) is 4.52. The molecule has 3 aromatic rings. The average Bonchev–Trinajstić information content (AvgIpc) is 2.96. The van der Waals surface area contributed by atoms with Crippen LogP contribution in [0, 0.1) is 0 Å². The molecule has 0 radical (unpaired) electrons. The molecule has 9 heteroatoms. The van der Waals surface area contributed by atoms with Crippen LogP contribution in [-0.4, -0.2) is 57.6 Å². The van der Waals surface area contributed by atoms with Crippen molar-refractivity contribution in [2.75, 3.05) is 30.8 Å². The van der Waals surface area contributed by atoms with Gasteiger partial charge in [0, 0.05) is 32.5 Å². The zero-order valence-electron chi connectivity index (χ0n) is 23.5. The average molecular weight is 566 g/mol. The third-order valence-electron chi connectivity index (χ3n) is 6.52. The summed E-state index contributed by atoms with van der Waals surface area (Å²) in [7, 11) is -2.15. The van der Waals surface area contributed by atoms with E-state index in [-0.39, 0.29) is 37.7 Å². The van der Waals surface area contributed by atoms with Crippen LogP contribution in [0.3, 0.4) is 0 Å². The van der Waals surface area contributed by atoms with Crippen molar-refractivity contribution in [2.24, 2.45) is 0 Å². The molecule has 0 fully saturated rings. The first-order valence-electron chi connectivity index (χ1n) is 13.5. The molecule has 0 spiro atoms. The molecule has 40 heavy (non-hydrogen) atoms.